The van der Waals surface area contributed by atoms with Crippen molar-refractivity contribution in [3.05, 3.63) is 48.3 Å². The van der Waals surface area contributed by atoms with Crippen LogP contribution in [-0.2, 0) is 16.1 Å². The molecular weight excluding hydrogens is 376 g/mol. The van der Waals surface area contributed by atoms with Gasteiger partial charge < -0.3 is 10.6 Å². The Morgan fingerprint density at radius 3 is 2.37 bits per heavy atom. The Morgan fingerprint density at radius 1 is 1.10 bits per heavy atom. The summed E-state index contributed by atoms with van der Waals surface area (Å²) in [5.41, 5.74) is 1.68. The number of nitrogens with one attached hydrogen (secondary N) is 2. The maximum atomic E-state index is 13.1. The molecule has 4 saturated carbocycles. The third-order valence-electron chi connectivity index (χ3n) is 7.38. The van der Waals surface area contributed by atoms with Gasteiger partial charge in [-0.25, -0.2) is 4.68 Å². The molecule has 1 heterocycles. The van der Waals surface area contributed by atoms with E-state index in [0.717, 1.165) is 30.5 Å². The Morgan fingerprint density at radius 2 is 1.73 bits per heavy atom. The highest BCUT2D eigenvalue weighted by Crippen LogP contribution is 2.60. The van der Waals surface area contributed by atoms with Crippen molar-refractivity contribution in [2.75, 3.05) is 0 Å². The molecule has 4 fully saturated rings. The van der Waals surface area contributed by atoms with E-state index in [1.54, 1.807) is 17.8 Å². The lowest BCUT2D eigenvalue weighted by molar-refractivity contribution is -0.148. The average Bonchev–Trinajstić information content (AvgIpc) is 3.20. The van der Waals surface area contributed by atoms with Crippen LogP contribution in [0.5, 0.6) is 0 Å². The zero-order chi connectivity index (χ0) is 20.7. The van der Waals surface area contributed by atoms with Gasteiger partial charge in [-0.3, -0.25) is 9.59 Å². The van der Waals surface area contributed by atoms with E-state index >= 15 is 0 Å². The van der Waals surface area contributed by atoms with Crippen molar-refractivity contribution in [2.24, 2.45) is 23.2 Å². The molecule has 2 amide bonds. The van der Waals surface area contributed by atoms with Gasteiger partial charge >= 0.3 is 0 Å². The maximum Gasteiger partial charge on any atom is 0.242 e. The molecule has 1 aromatic heterocycles. The van der Waals surface area contributed by atoms with Gasteiger partial charge in [-0.05, 0) is 75.3 Å². The fraction of sp³-hybridized carbons (Fsp3) is 0.542. The molecule has 1 atom stereocenters. The average molecular weight is 407 g/mol. The first kappa shape index (κ1) is 19.3. The lowest BCUT2D eigenvalue weighted by atomic mass is 9.49. The summed E-state index contributed by atoms with van der Waals surface area (Å²) in [5.74, 6) is 2.09. The normalized spacial score (nSPS) is 30.1. The van der Waals surface area contributed by atoms with Gasteiger partial charge in [0.2, 0.25) is 11.8 Å². The first-order valence-corrected chi connectivity index (χ1v) is 11.2. The summed E-state index contributed by atoms with van der Waals surface area (Å²) >= 11 is 0. The highest BCUT2D eigenvalue weighted by Gasteiger charge is 2.54. The molecule has 1 aromatic carbocycles. The van der Waals surface area contributed by atoms with E-state index in [4.69, 9.17) is 0 Å². The standard InChI is InChI=1S/C24H30N4O2/c1-16(27-23(30)24-10-17-7-18(11-24)9-19(8-17)12-24)22(29)25-13-20-14-26-28(15-20)21-5-3-2-4-6-21/h2-6,14-19H,7-13H2,1H3,(H,25,29)(H,27,30). The number of carbonyl (C=O) groups is 2. The number of carbonyl (C=O) groups excluding carboxylic acids is 2. The smallest absolute Gasteiger partial charge is 0.242 e. The van der Waals surface area contributed by atoms with Gasteiger partial charge in [-0.2, -0.15) is 5.10 Å². The highest BCUT2D eigenvalue weighted by molar-refractivity contribution is 5.90. The number of hydrogen-bond donors (Lipinski definition) is 2. The number of aromatic nitrogens is 2. The largest absolute Gasteiger partial charge is 0.350 e. The second-order valence-corrected chi connectivity index (χ2v) is 9.74. The predicted molar refractivity (Wildman–Crippen MR) is 114 cm³/mol. The van der Waals surface area contributed by atoms with Crippen molar-refractivity contribution in [1.82, 2.24) is 20.4 Å². The number of benzene rings is 1. The van der Waals surface area contributed by atoms with Gasteiger partial charge in [0, 0.05) is 23.7 Å². The van der Waals surface area contributed by atoms with Crippen molar-refractivity contribution in [3.8, 4) is 5.69 Å². The van der Waals surface area contributed by atoms with E-state index in [-0.39, 0.29) is 17.2 Å². The minimum Gasteiger partial charge on any atom is -0.350 e. The molecule has 0 aliphatic heterocycles. The van der Waals surface area contributed by atoms with Crippen LogP contribution in [0.3, 0.4) is 0 Å². The Hall–Kier alpha value is -2.63. The number of para-hydroxylation sites is 1. The van der Waals surface area contributed by atoms with Crippen LogP contribution < -0.4 is 10.6 Å². The lowest BCUT2D eigenvalue weighted by Gasteiger charge is -2.55. The molecule has 6 nitrogen and oxygen atoms in total. The zero-order valence-electron chi connectivity index (χ0n) is 17.5. The van der Waals surface area contributed by atoms with Crippen LogP contribution in [0.4, 0.5) is 0 Å². The van der Waals surface area contributed by atoms with Gasteiger partial charge in [-0.1, -0.05) is 18.2 Å². The van der Waals surface area contributed by atoms with Crippen LogP contribution in [0.1, 0.15) is 51.0 Å². The fourth-order valence-electron chi connectivity index (χ4n) is 6.32. The van der Waals surface area contributed by atoms with Crippen LogP contribution in [-0.4, -0.2) is 27.6 Å². The van der Waals surface area contributed by atoms with E-state index in [1.807, 2.05) is 36.5 Å². The SMILES string of the molecule is CC(NC(=O)C12CC3CC(CC(C3)C1)C2)C(=O)NCc1cnn(-c2ccccc2)c1. The second-order valence-electron chi connectivity index (χ2n) is 9.74. The van der Waals surface area contributed by atoms with Crippen LogP contribution in [0, 0.1) is 23.2 Å². The molecule has 0 radical (unpaired) electrons. The van der Waals surface area contributed by atoms with Crippen LogP contribution in [0.25, 0.3) is 5.69 Å². The van der Waals surface area contributed by atoms with Gasteiger partial charge in [0.1, 0.15) is 6.04 Å². The summed E-state index contributed by atoms with van der Waals surface area (Å²) in [4.78, 5) is 25.7. The van der Waals surface area contributed by atoms with E-state index in [1.165, 1.54) is 19.3 Å². The van der Waals surface area contributed by atoms with Gasteiger partial charge in [-0.15, -0.1) is 0 Å². The third-order valence-corrected chi connectivity index (χ3v) is 7.38. The fourth-order valence-corrected chi connectivity index (χ4v) is 6.32. The first-order valence-electron chi connectivity index (χ1n) is 11.2. The number of hydrogen-bond acceptors (Lipinski definition) is 3. The third kappa shape index (κ3) is 3.64. The Kier molecular flexibility index (Phi) is 4.88. The maximum absolute atomic E-state index is 13.1. The molecule has 1 unspecified atom stereocenters. The van der Waals surface area contributed by atoms with E-state index < -0.39 is 6.04 Å². The topological polar surface area (TPSA) is 76.0 Å². The number of nitrogens with zero attached hydrogens (tertiary/aromatic N) is 2. The molecule has 2 N–H and O–H groups in total. The zero-order valence-corrected chi connectivity index (χ0v) is 17.5. The van der Waals surface area contributed by atoms with Gasteiger partial charge in [0.15, 0.2) is 0 Å². The summed E-state index contributed by atoms with van der Waals surface area (Å²) in [5, 5.41) is 10.3. The van der Waals surface area contributed by atoms with Crippen molar-refractivity contribution in [1.29, 1.82) is 0 Å². The highest BCUT2D eigenvalue weighted by atomic mass is 16.2. The quantitative estimate of drug-likeness (QED) is 0.773. The van der Waals surface area contributed by atoms with E-state index in [0.29, 0.717) is 24.3 Å². The lowest BCUT2D eigenvalue weighted by Crippen LogP contribution is -2.56. The van der Waals surface area contributed by atoms with Crippen molar-refractivity contribution in [3.63, 3.8) is 0 Å². The minimum absolute atomic E-state index is 0.0983. The second kappa shape index (κ2) is 7.56. The van der Waals surface area contributed by atoms with Crippen LogP contribution in [0.15, 0.2) is 42.7 Å². The molecule has 2 aromatic rings. The molecule has 158 valence electrons. The molecule has 6 heteroatoms. The van der Waals surface area contributed by atoms with Crippen molar-refractivity contribution in [2.45, 2.75) is 58.0 Å². The van der Waals surface area contributed by atoms with Gasteiger partial charge in [0.05, 0.1) is 11.9 Å². The monoisotopic (exact) mass is 406 g/mol. The molecule has 30 heavy (non-hydrogen) atoms. The molecule has 4 aliphatic rings. The summed E-state index contributed by atoms with van der Waals surface area (Å²) in [6.45, 7) is 2.17. The summed E-state index contributed by atoms with van der Waals surface area (Å²) < 4.78 is 1.79. The Labute approximate surface area is 177 Å². The molecule has 4 aliphatic carbocycles. The summed E-state index contributed by atoms with van der Waals surface area (Å²) in [7, 11) is 0. The number of rotatable bonds is 6. The summed E-state index contributed by atoms with van der Waals surface area (Å²) in [6.07, 6.45) is 10.6. The molecule has 0 spiro atoms. The van der Waals surface area contributed by atoms with Crippen molar-refractivity contribution < 1.29 is 9.59 Å². The predicted octanol–water partition coefficient (Wildman–Crippen LogP) is 3.21. The molecular formula is C24H30N4O2. The van der Waals surface area contributed by atoms with E-state index in [2.05, 4.69) is 15.7 Å². The molecule has 0 saturated heterocycles. The Bertz CT molecular complexity index is 900. The van der Waals surface area contributed by atoms with Gasteiger partial charge in [0.25, 0.3) is 0 Å². The van der Waals surface area contributed by atoms with Crippen LogP contribution in [0.2, 0.25) is 0 Å². The first-order chi connectivity index (χ1) is 14.5. The number of amides is 2. The van der Waals surface area contributed by atoms with Crippen molar-refractivity contribution >= 4 is 11.8 Å². The molecule has 4 bridgehead atoms. The Balaban J connectivity index is 1.15. The molecule has 6 rings (SSSR count). The summed E-state index contributed by atoms with van der Waals surface area (Å²) in [6, 6.07) is 9.33. The van der Waals surface area contributed by atoms with E-state index in [9.17, 15) is 9.59 Å². The van der Waals surface area contributed by atoms with Crippen LogP contribution >= 0.6 is 0 Å². The minimum atomic E-state index is -0.533.